The molecule has 0 N–H and O–H groups in total. The molecule has 5 aliphatic rings. The summed E-state index contributed by atoms with van der Waals surface area (Å²) in [5.41, 5.74) is 4.20. The summed E-state index contributed by atoms with van der Waals surface area (Å²) in [5, 5.41) is 6.65. The van der Waals surface area contributed by atoms with Gasteiger partial charge in [0.15, 0.2) is 25.0 Å². The van der Waals surface area contributed by atoms with Crippen LogP contribution < -0.4 is 4.90 Å². The lowest BCUT2D eigenvalue weighted by Crippen LogP contribution is -2.58. The van der Waals surface area contributed by atoms with Gasteiger partial charge in [0.2, 0.25) is 0 Å². The van der Waals surface area contributed by atoms with Crippen LogP contribution in [0.15, 0.2) is 63.9 Å². The maximum atomic E-state index is 11.0. The summed E-state index contributed by atoms with van der Waals surface area (Å²) >= 11 is 0. The first-order chi connectivity index (χ1) is 30.7. The molecule has 4 amide bonds. The number of urea groups is 2. The molecule has 6 rings (SSSR count). The molecule has 0 bridgehead atoms. The van der Waals surface area contributed by atoms with Crippen LogP contribution in [-0.4, -0.2) is 68.0 Å². The van der Waals surface area contributed by atoms with E-state index >= 15 is 0 Å². The number of para-hydroxylation sites is 1. The Bertz CT molecular complexity index is 1890. The summed E-state index contributed by atoms with van der Waals surface area (Å²) in [7, 11) is -5.59. The van der Waals surface area contributed by atoms with E-state index in [2.05, 4.69) is 139 Å². The average Bonchev–Trinajstić information content (AvgIpc) is 3.78. The van der Waals surface area contributed by atoms with E-state index < -0.39 is 37.0 Å². The number of azo groups is 1. The van der Waals surface area contributed by atoms with E-state index in [4.69, 9.17) is 18.0 Å². The lowest BCUT2D eigenvalue weighted by atomic mass is 9.50. The van der Waals surface area contributed by atoms with Crippen molar-refractivity contribution < 1.29 is 27.6 Å². The monoisotopic (exact) mass is 964 g/mol. The molecule has 66 heavy (non-hydrogen) atoms. The van der Waals surface area contributed by atoms with Crippen molar-refractivity contribution in [3.05, 3.63) is 53.6 Å². The van der Waals surface area contributed by atoms with Crippen LogP contribution >= 0.6 is 0 Å². The number of allylic oxidation sites excluding steroid dienone is 3. The minimum atomic E-state index is -2.02. The fraction of sp³-hybridized carbons (Fsp3) is 0.778. The molecule has 4 aliphatic carbocycles. The van der Waals surface area contributed by atoms with Crippen LogP contribution in [0, 0.1) is 28.6 Å². The molecule has 0 spiro atoms. The Hall–Kier alpha value is -2.07. The molecular weight excluding hydrogens is 871 g/mol. The van der Waals surface area contributed by atoms with Crippen LogP contribution in [0.5, 0.6) is 0 Å². The zero-order valence-corrected chi connectivity index (χ0v) is 47.8. The number of carbonyl (C=O) groups is 2. The van der Waals surface area contributed by atoms with Crippen LogP contribution in [0.1, 0.15) is 154 Å². The molecule has 12 heteroatoms. The Kier molecular flexibility index (Phi) is 17.5. The highest BCUT2D eigenvalue weighted by atomic mass is 28.4. The van der Waals surface area contributed by atoms with Crippen molar-refractivity contribution in [1.82, 2.24) is 0 Å². The van der Waals surface area contributed by atoms with Crippen LogP contribution in [0.2, 0.25) is 54.4 Å². The van der Waals surface area contributed by atoms with E-state index in [1.165, 1.54) is 43.8 Å². The Morgan fingerprint density at radius 3 is 1.88 bits per heavy atom. The van der Waals surface area contributed by atoms with E-state index in [1.54, 1.807) is 41.5 Å². The number of anilines is 1. The van der Waals surface area contributed by atoms with Crippen LogP contribution in [0.4, 0.5) is 15.3 Å². The number of hydrogen-bond donors (Lipinski definition) is 0. The molecule has 1 aromatic carbocycles. The van der Waals surface area contributed by atoms with E-state index in [0.717, 1.165) is 56.6 Å². The van der Waals surface area contributed by atoms with E-state index in [-0.39, 0.29) is 33.3 Å². The minimum absolute atomic E-state index is 0.0263. The number of fused-ring (bicyclic) bond motifs is 5. The van der Waals surface area contributed by atoms with E-state index in [0.29, 0.717) is 28.9 Å². The van der Waals surface area contributed by atoms with E-state index in [9.17, 15) is 9.59 Å². The number of rotatable bonds is 18. The first kappa shape index (κ1) is 54.9. The van der Waals surface area contributed by atoms with Gasteiger partial charge >= 0.3 is 12.1 Å². The quantitative estimate of drug-likeness (QED) is 0.107. The van der Waals surface area contributed by atoms with Gasteiger partial charge in [0, 0.05) is 18.6 Å². The largest absolute Gasteiger partial charge is 0.414 e. The predicted molar refractivity (Wildman–Crippen MR) is 281 cm³/mol. The van der Waals surface area contributed by atoms with Gasteiger partial charge in [0.1, 0.15) is 0 Å². The molecule has 9 nitrogen and oxygen atoms in total. The number of hydrogen-bond acceptors (Lipinski definition) is 6. The molecule has 1 aliphatic heterocycles. The van der Waals surface area contributed by atoms with Crippen molar-refractivity contribution in [3.8, 4) is 0 Å². The van der Waals surface area contributed by atoms with Gasteiger partial charge in [-0.25, -0.2) is 14.5 Å². The van der Waals surface area contributed by atoms with Gasteiger partial charge in [-0.3, -0.25) is 0 Å². The third kappa shape index (κ3) is 11.3. The van der Waals surface area contributed by atoms with Crippen molar-refractivity contribution in [3.63, 3.8) is 0 Å². The molecule has 1 heterocycles. The zero-order chi connectivity index (χ0) is 49.1. The second-order valence-electron chi connectivity index (χ2n) is 24.2. The van der Waals surface area contributed by atoms with Gasteiger partial charge in [-0.2, -0.15) is 0 Å². The molecule has 0 saturated heterocycles. The normalized spacial score (nSPS) is 28.3. The molecule has 372 valence electrons. The molecular formula is C54H93N3O6Si3. The fourth-order valence-corrected chi connectivity index (χ4v) is 17.8. The molecule has 0 radical (unpaired) electrons. The zero-order valence-electron chi connectivity index (χ0n) is 44.8. The highest BCUT2D eigenvalue weighted by Gasteiger charge is 2.60. The second-order valence-corrected chi connectivity index (χ2v) is 38.4. The predicted octanol–water partition coefficient (Wildman–Crippen LogP) is 16.5. The van der Waals surface area contributed by atoms with Gasteiger partial charge < -0.3 is 18.0 Å². The van der Waals surface area contributed by atoms with Crippen molar-refractivity contribution in [2.45, 2.75) is 226 Å². The number of nitrogens with zero attached hydrogens (tertiary/aromatic N) is 3. The van der Waals surface area contributed by atoms with Gasteiger partial charge in [0.25, 0.3) is 0 Å². The SMILES string of the molecule is CCC(CC)(CCCOC[C@H]1CC[C@H]2C3=CC=C4C[C@@H](O[Si](C)(C)C(C)(C)C)C[C@H](O[Si](C)(C)C(C)(C)C)[C@]4(C)[C@H]3CC[C@]12C)O[Si](CC)(CC)CC.O=C1N=NC(=O)N1c1ccccc1. The van der Waals surface area contributed by atoms with E-state index in [1.807, 2.05) is 0 Å². The average molecular weight is 965 g/mol. The van der Waals surface area contributed by atoms with Crippen molar-refractivity contribution in [2.24, 2.45) is 38.8 Å². The Morgan fingerprint density at radius 2 is 1.33 bits per heavy atom. The number of imide groups is 1. The van der Waals surface area contributed by atoms with Crippen molar-refractivity contribution in [1.29, 1.82) is 0 Å². The van der Waals surface area contributed by atoms with Crippen molar-refractivity contribution in [2.75, 3.05) is 18.1 Å². The number of benzene rings is 1. The third-order valence-corrected chi connectivity index (χ3v) is 32.6. The van der Waals surface area contributed by atoms with Crippen LogP contribution in [0.3, 0.4) is 0 Å². The topological polar surface area (TPSA) is 99.0 Å². The molecule has 0 unspecified atom stereocenters. The molecule has 3 fully saturated rings. The summed E-state index contributed by atoms with van der Waals surface area (Å²) in [5.74, 6) is 1.85. The summed E-state index contributed by atoms with van der Waals surface area (Å²) < 4.78 is 28.6. The summed E-state index contributed by atoms with van der Waals surface area (Å²) in [4.78, 5) is 23.0. The first-order valence-electron chi connectivity index (χ1n) is 26.1. The second kappa shape index (κ2) is 21.1. The Morgan fingerprint density at radius 1 is 0.758 bits per heavy atom. The molecule has 3 saturated carbocycles. The fourth-order valence-electron chi connectivity index (χ4n) is 11.8. The van der Waals surface area contributed by atoms with Gasteiger partial charge in [-0.05, 0) is 154 Å². The Labute approximate surface area is 405 Å². The molecule has 1 aromatic rings. The van der Waals surface area contributed by atoms with Gasteiger partial charge in [-0.1, -0.05) is 142 Å². The first-order valence-corrected chi connectivity index (χ1v) is 34.5. The molecule has 0 aromatic heterocycles. The lowest BCUT2D eigenvalue weighted by molar-refractivity contribution is -0.0474. The van der Waals surface area contributed by atoms with Gasteiger partial charge in [-0.15, -0.1) is 0 Å². The highest BCUT2D eigenvalue weighted by molar-refractivity contribution is 6.74. The lowest BCUT2D eigenvalue weighted by Gasteiger charge is -2.59. The van der Waals surface area contributed by atoms with Crippen molar-refractivity contribution >= 4 is 42.7 Å². The van der Waals surface area contributed by atoms with Crippen LogP contribution in [0.25, 0.3) is 0 Å². The van der Waals surface area contributed by atoms with Crippen LogP contribution in [-0.2, 0) is 18.0 Å². The third-order valence-electron chi connectivity index (χ3n) is 18.8. The minimum Gasteiger partial charge on any atom is -0.414 e. The summed E-state index contributed by atoms with van der Waals surface area (Å²) in [6, 6.07) is 10.9. The summed E-state index contributed by atoms with van der Waals surface area (Å²) in [6.45, 7) is 42.9. The smallest absolute Gasteiger partial charge is 0.375 e. The number of carbonyl (C=O) groups excluding carboxylic acids is 2. The molecule has 7 atom stereocenters. The maximum Gasteiger partial charge on any atom is 0.375 e. The maximum absolute atomic E-state index is 11.0. The van der Waals surface area contributed by atoms with Gasteiger partial charge in [0.05, 0.1) is 23.5 Å². The summed E-state index contributed by atoms with van der Waals surface area (Å²) in [6.07, 6.45) is 17.3. The number of ether oxygens (including phenoxy) is 1. The number of amides is 4. The highest BCUT2D eigenvalue weighted by Crippen LogP contribution is 2.66. The standard InChI is InChI=1S/C46H88O4Si3.C8H5N3O2/c1-18-46(19-2,50-53(20-3,21-4)22-5)29-23-31-47-34-36-25-27-39-38-26-24-35-32-37(48-51(14,15)42(6,7)8)33-41(49-52(16,17)43(9,10)11)45(35,13)40(38)28-30-44(36,39)12;12-7-9-10-8(13)11(7)6-4-2-1-3-5-6/h24,26,36-37,39-41H,18-23,25,27-34H2,1-17H3;1-5H/t36-,37-,39+,40+,41+,44-,45+;/m1./s1. The Balaban J connectivity index is 0.000000533.